The number of hydrogen-bond donors (Lipinski definition) is 0. The first-order valence-corrected chi connectivity index (χ1v) is 6.07. The lowest BCUT2D eigenvalue weighted by Crippen LogP contribution is -2.23. The number of oxime groups is 1. The molecule has 0 N–H and O–H groups in total. The van der Waals surface area contributed by atoms with Crippen LogP contribution in [0.2, 0.25) is 0 Å². The maximum atomic E-state index is 5.30. The summed E-state index contributed by atoms with van der Waals surface area (Å²) in [7, 11) is 0. The third-order valence-corrected chi connectivity index (χ3v) is 3.16. The molecule has 0 spiro atoms. The van der Waals surface area contributed by atoms with E-state index < -0.39 is 0 Å². The Bertz CT molecular complexity index is 384. The van der Waals surface area contributed by atoms with E-state index >= 15 is 0 Å². The second kappa shape index (κ2) is 5.15. The molecular formula is C14H19NO. The maximum absolute atomic E-state index is 5.30. The standard InChI is InChI=1S/C14H19NO/c1-3-4-9-16-15-11(2)14-10-12-7-5-6-8-13(12)14/h5-8,14H,3-4,9-10H2,1-2H3/b15-11+. The monoisotopic (exact) mass is 217 g/mol. The molecule has 1 aromatic carbocycles. The van der Waals surface area contributed by atoms with E-state index in [4.69, 9.17) is 4.84 Å². The summed E-state index contributed by atoms with van der Waals surface area (Å²) in [6.45, 7) is 4.96. The number of hydrogen-bond acceptors (Lipinski definition) is 2. The van der Waals surface area contributed by atoms with Crippen LogP contribution in [0.5, 0.6) is 0 Å². The molecule has 0 aliphatic heterocycles. The summed E-state index contributed by atoms with van der Waals surface area (Å²) in [5.74, 6) is 0.484. The molecule has 0 bridgehead atoms. The molecule has 1 atom stereocenters. The first-order chi connectivity index (χ1) is 7.83. The van der Waals surface area contributed by atoms with Crippen LogP contribution in [0.4, 0.5) is 0 Å². The minimum absolute atomic E-state index is 0.484. The van der Waals surface area contributed by atoms with Crippen molar-refractivity contribution in [3.8, 4) is 0 Å². The van der Waals surface area contributed by atoms with Gasteiger partial charge in [-0.15, -0.1) is 0 Å². The highest BCUT2D eigenvalue weighted by molar-refractivity contribution is 5.91. The lowest BCUT2D eigenvalue weighted by Gasteiger charge is -2.29. The molecule has 1 aromatic rings. The Morgan fingerprint density at radius 1 is 1.44 bits per heavy atom. The highest BCUT2D eigenvalue weighted by Gasteiger charge is 2.27. The molecule has 1 aliphatic carbocycles. The highest BCUT2D eigenvalue weighted by atomic mass is 16.6. The molecule has 0 fully saturated rings. The molecule has 2 nitrogen and oxygen atoms in total. The van der Waals surface area contributed by atoms with Gasteiger partial charge in [0.2, 0.25) is 0 Å². The molecule has 2 heteroatoms. The van der Waals surface area contributed by atoms with Crippen molar-refractivity contribution in [1.82, 2.24) is 0 Å². The lowest BCUT2D eigenvalue weighted by molar-refractivity contribution is 0.140. The van der Waals surface area contributed by atoms with E-state index in [1.54, 1.807) is 0 Å². The SMILES string of the molecule is CCCCO/N=C(\C)C1Cc2ccccc21. The van der Waals surface area contributed by atoms with Gasteiger partial charge in [0, 0.05) is 5.92 Å². The van der Waals surface area contributed by atoms with Gasteiger partial charge in [-0.1, -0.05) is 42.8 Å². The van der Waals surface area contributed by atoms with Crippen molar-refractivity contribution >= 4 is 5.71 Å². The Balaban J connectivity index is 1.91. The highest BCUT2D eigenvalue weighted by Crippen LogP contribution is 2.35. The molecular weight excluding hydrogens is 198 g/mol. The number of rotatable bonds is 5. The maximum Gasteiger partial charge on any atom is 0.117 e. The summed E-state index contributed by atoms with van der Waals surface area (Å²) in [6.07, 6.45) is 3.35. The first kappa shape index (κ1) is 11.2. The predicted octanol–water partition coefficient (Wildman–Crippen LogP) is 3.52. The minimum Gasteiger partial charge on any atom is -0.396 e. The molecule has 0 saturated heterocycles. The average Bonchev–Trinajstić information content (AvgIpc) is 2.26. The van der Waals surface area contributed by atoms with E-state index in [0.717, 1.165) is 31.6 Å². The molecule has 86 valence electrons. The zero-order valence-electron chi connectivity index (χ0n) is 10.1. The fourth-order valence-corrected chi connectivity index (χ4v) is 2.05. The van der Waals surface area contributed by atoms with Crippen molar-refractivity contribution in [2.75, 3.05) is 6.61 Å². The van der Waals surface area contributed by atoms with Gasteiger partial charge in [0.15, 0.2) is 0 Å². The Morgan fingerprint density at radius 3 is 3.00 bits per heavy atom. The molecule has 0 aromatic heterocycles. The van der Waals surface area contributed by atoms with Gasteiger partial charge in [-0.3, -0.25) is 0 Å². The average molecular weight is 217 g/mol. The van der Waals surface area contributed by atoms with Gasteiger partial charge in [-0.2, -0.15) is 0 Å². The van der Waals surface area contributed by atoms with E-state index in [0.29, 0.717) is 5.92 Å². The quantitative estimate of drug-likeness (QED) is 0.420. The predicted molar refractivity (Wildman–Crippen MR) is 66.9 cm³/mol. The molecule has 1 aliphatic rings. The second-order valence-corrected chi connectivity index (χ2v) is 4.37. The Morgan fingerprint density at radius 2 is 2.25 bits per heavy atom. The van der Waals surface area contributed by atoms with Crippen molar-refractivity contribution in [1.29, 1.82) is 0 Å². The first-order valence-electron chi connectivity index (χ1n) is 6.07. The fraction of sp³-hybridized carbons (Fsp3) is 0.500. The Kier molecular flexibility index (Phi) is 3.60. The van der Waals surface area contributed by atoms with Crippen LogP contribution in [0.1, 0.15) is 43.7 Å². The van der Waals surface area contributed by atoms with Crippen LogP contribution < -0.4 is 0 Å². The molecule has 0 radical (unpaired) electrons. The van der Waals surface area contributed by atoms with Gasteiger partial charge in [0.25, 0.3) is 0 Å². The van der Waals surface area contributed by atoms with Crippen LogP contribution in [0.15, 0.2) is 29.4 Å². The van der Waals surface area contributed by atoms with Gasteiger partial charge >= 0.3 is 0 Å². The van der Waals surface area contributed by atoms with E-state index in [-0.39, 0.29) is 0 Å². The van der Waals surface area contributed by atoms with Crippen LogP contribution in [-0.4, -0.2) is 12.3 Å². The largest absolute Gasteiger partial charge is 0.396 e. The van der Waals surface area contributed by atoms with Crippen molar-refractivity contribution in [2.45, 2.75) is 39.0 Å². The summed E-state index contributed by atoms with van der Waals surface area (Å²) in [5.41, 5.74) is 3.98. The van der Waals surface area contributed by atoms with Crippen LogP contribution in [0.3, 0.4) is 0 Å². The molecule has 0 heterocycles. The Labute approximate surface area is 97.3 Å². The Hall–Kier alpha value is -1.31. The van der Waals surface area contributed by atoms with Gasteiger partial charge in [0.1, 0.15) is 6.61 Å². The normalized spacial score (nSPS) is 18.9. The number of unbranched alkanes of at least 4 members (excludes halogenated alkanes) is 1. The van der Waals surface area contributed by atoms with Crippen molar-refractivity contribution in [3.05, 3.63) is 35.4 Å². The number of nitrogens with zero attached hydrogens (tertiary/aromatic N) is 1. The number of benzene rings is 1. The van der Waals surface area contributed by atoms with E-state index in [1.807, 2.05) is 0 Å². The fourth-order valence-electron chi connectivity index (χ4n) is 2.05. The van der Waals surface area contributed by atoms with Crippen molar-refractivity contribution in [2.24, 2.45) is 5.16 Å². The van der Waals surface area contributed by atoms with E-state index in [1.165, 1.54) is 11.1 Å². The van der Waals surface area contributed by atoms with Crippen LogP contribution in [-0.2, 0) is 11.3 Å². The third kappa shape index (κ3) is 2.26. The summed E-state index contributed by atoms with van der Waals surface area (Å²) in [6, 6.07) is 8.57. The molecule has 16 heavy (non-hydrogen) atoms. The summed E-state index contributed by atoms with van der Waals surface area (Å²) in [5, 5.41) is 4.20. The molecule has 0 saturated carbocycles. The van der Waals surface area contributed by atoms with Crippen molar-refractivity contribution < 1.29 is 4.84 Å². The third-order valence-electron chi connectivity index (χ3n) is 3.16. The summed E-state index contributed by atoms with van der Waals surface area (Å²) in [4.78, 5) is 5.30. The second-order valence-electron chi connectivity index (χ2n) is 4.37. The van der Waals surface area contributed by atoms with E-state index in [9.17, 15) is 0 Å². The van der Waals surface area contributed by atoms with E-state index in [2.05, 4.69) is 43.3 Å². The topological polar surface area (TPSA) is 21.6 Å². The molecule has 1 unspecified atom stereocenters. The van der Waals surface area contributed by atoms with Gasteiger partial charge in [-0.05, 0) is 30.9 Å². The van der Waals surface area contributed by atoms with Crippen molar-refractivity contribution in [3.63, 3.8) is 0 Å². The van der Waals surface area contributed by atoms with Crippen LogP contribution in [0.25, 0.3) is 0 Å². The van der Waals surface area contributed by atoms with Gasteiger partial charge in [-0.25, -0.2) is 0 Å². The summed E-state index contributed by atoms with van der Waals surface area (Å²) < 4.78 is 0. The van der Waals surface area contributed by atoms with Crippen LogP contribution >= 0.6 is 0 Å². The minimum atomic E-state index is 0.484. The smallest absolute Gasteiger partial charge is 0.117 e. The molecule has 2 rings (SSSR count). The van der Waals surface area contributed by atoms with Crippen LogP contribution in [0, 0.1) is 0 Å². The van der Waals surface area contributed by atoms with Gasteiger partial charge in [0.05, 0.1) is 5.71 Å². The molecule has 0 amide bonds. The summed E-state index contributed by atoms with van der Waals surface area (Å²) >= 11 is 0. The van der Waals surface area contributed by atoms with Gasteiger partial charge < -0.3 is 4.84 Å². The zero-order valence-corrected chi connectivity index (χ0v) is 10.1. The number of fused-ring (bicyclic) bond motifs is 1. The zero-order chi connectivity index (χ0) is 11.4. The lowest BCUT2D eigenvalue weighted by atomic mass is 9.75.